The molecule has 0 amide bonds. The highest BCUT2D eigenvalue weighted by Crippen LogP contribution is 2.23. The summed E-state index contributed by atoms with van der Waals surface area (Å²) in [6.45, 7) is 8.03. The van der Waals surface area contributed by atoms with Crippen LogP contribution in [0.15, 0.2) is 18.2 Å². The lowest BCUT2D eigenvalue weighted by molar-refractivity contribution is 0.535. The van der Waals surface area contributed by atoms with E-state index in [-0.39, 0.29) is 0 Å². The summed E-state index contributed by atoms with van der Waals surface area (Å²) in [6.07, 6.45) is 0. The third-order valence-corrected chi connectivity index (χ3v) is 3.10. The second-order valence-corrected chi connectivity index (χ2v) is 5.29. The van der Waals surface area contributed by atoms with Crippen molar-refractivity contribution in [2.24, 2.45) is 5.92 Å². The summed E-state index contributed by atoms with van der Waals surface area (Å²) in [5, 5.41) is 8.14. The van der Waals surface area contributed by atoms with Gasteiger partial charge in [-0.2, -0.15) is 0 Å². The molecule has 0 atom stereocenters. The Bertz CT molecular complexity index is 320. The van der Waals surface area contributed by atoms with E-state index >= 15 is 0 Å². The van der Waals surface area contributed by atoms with Gasteiger partial charge in [0, 0.05) is 35.2 Å². The first-order valence-electron chi connectivity index (χ1n) is 5.95. The van der Waals surface area contributed by atoms with Crippen LogP contribution in [0.25, 0.3) is 0 Å². The largest absolute Gasteiger partial charge is 0.315 e. The summed E-state index contributed by atoms with van der Waals surface area (Å²) in [6, 6.07) is 5.58. The van der Waals surface area contributed by atoms with Crippen LogP contribution >= 0.6 is 23.2 Å². The summed E-state index contributed by atoms with van der Waals surface area (Å²) in [7, 11) is 0. The number of hydrogen-bond acceptors (Lipinski definition) is 2. The fourth-order valence-electron chi connectivity index (χ4n) is 1.48. The van der Waals surface area contributed by atoms with E-state index < -0.39 is 0 Å². The van der Waals surface area contributed by atoms with Gasteiger partial charge >= 0.3 is 0 Å². The van der Waals surface area contributed by atoms with Crippen LogP contribution < -0.4 is 10.6 Å². The Kier molecular flexibility index (Phi) is 6.90. The maximum Gasteiger partial charge on any atom is 0.0465 e. The van der Waals surface area contributed by atoms with Crippen molar-refractivity contribution in [3.8, 4) is 0 Å². The van der Waals surface area contributed by atoms with Gasteiger partial charge in [0.15, 0.2) is 0 Å². The highest BCUT2D eigenvalue weighted by Gasteiger charge is 2.03. The van der Waals surface area contributed by atoms with Crippen LogP contribution in [0.4, 0.5) is 0 Å². The second-order valence-electron chi connectivity index (χ2n) is 4.47. The van der Waals surface area contributed by atoms with Crippen LogP contribution in [0, 0.1) is 5.92 Å². The van der Waals surface area contributed by atoms with Crippen LogP contribution in [-0.2, 0) is 6.54 Å². The zero-order chi connectivity index (χ0) is 12.7. The lowest BCUT2D eigenvalue weighted by atomic mass is 10.2. The molecule has 2 nitrogen and oxygen atoms in total. The van der Waals surface area contributed by atoms with E-state index in [2.05, 4.69) is 24.5 Å². The summed E-state index contributed by atoms with van der Waals surface area (Å²) in [4.78, 5) is 0. The predicted octanol–water partition coefficient (Wildman–Crippen LogP) is 3.33. The molecule has 1 aromatic carbocycles. The Labute approximate surface area is 114 Å². The number of benzene rings is 1. The van der Waals surface area contributed by atoms with Crippen molar-refractivity contribution in [2.45, 2.75) is 20.4 Å². The van der Waals surface area contributed by atoms with E-state index in [0.717, 1.165) is 35.2 Å². The first kappa shape index (κ1) is 14.8. The van der Waals surface area contributed by atoms with E-state index in [0.29, 0.717) is 12.5 Å². The lowest BCUT2D eigenvalue weighted by Crippen LogP contribution is -2.29. The number of hydrogen-bond donors (Lipinski definition) is 2. The van der Waals surface area contributed by atoms with Gasteiger partial charge < -0.3 is 10.6 Å². The highest BCUT2D eigenvalue weighted by atomic mass is 35.5. The van der Waals surface area contributed by atoms with Crippen LogP contribution in [-0.4, -0.2) is 19.6 Å². The van der Waals surface area contributed by atoms with Crippen LogP contribution in [0.2, 0.25) is 10.0 Å². The Morgan fingerprint density at radius 3 is 2.24 bits per heavy atom. The van der Waals surface area contributed by atoms with Crippen molar-refractivity contribution in [3.05, 3.63) is 33.8 Å². The third-order valence-electron chi connectivity index (χ3n) is 2.39. The highest BCUT2D eigenvalue weighted by molar-refractivity contribution is 6.35. The molecular weight excluding hydrogens is 255 g/mol. The standard InChI is InChI=1S/C13H20Cl2N2/c1-10(2)8-16-6-7-17-9-11-12(14)4-3-5-13(11)15/h3-5,10,16-17H,6-9H2,1-2H3. The van der Waals surface area contributed by atoms with E-state index in [1.807, 2.05) is 18.2 Å². The average Bonchev–Trinajstić information content (AvgIpc) is 2.26. The van der Waals surface area contributed by atoms with Gasteiger partial charge in [-0.3, -0.25) is 0 Å². The zero-order valence-electron chi connectivity index (χ0n) is 10.4. The van der Waals surface area contributed by atoms with E-state index in [1.54, 1.807) is 0 Å². The Balaban J connectivity index is 2.22. The van der Waals surface area contributed by atoms with Gasteiger partial charge in [-0.15, -0.1) is 0 Å². The molecule has 0 saturated carbocycles. The minimum absolute atomic E-state index is 0.688. The molecule has 0 heterocycles. The minimum Gasteiger partial charge on any atom is -0.315 e. The van der Waals surface area contributed by atoms with Crippen LogP contribution in [0.1, 0.15) is 19.4 Å². The molecule has 2 N–H and O–H groups in total. The second kappa shape index (κ2) is 7.93. The molecule has 0 aliphatic rings. The molecule has 17 heavy (non-hydrogen) atoms. The average molecular weight is 275 g/mol. The predicted molar refractivity (Wildman–Crippen MR) is 75.9 cm³/mol. The van der Waals surface area contributed by atoms with Gasteiger partial charge in [0.2, 0.25) is 0 Å². The summed E-state index contributed by atoms with van der Waals surface area (Å²) >= 11 is 12.1. The van der Waals surface area contributed by atoms with E-state index in [1.165, 1.54) is 0 Å². The first-order chi connectivity index (χ1) is 8.11. The molecule has 0 unspecified atom stereocenters. The molecule has 1 rings (SSSR count). The SMILES string of the molecule is CC(C)CNCCNCc1c(Cl)cccc1Cl. The van der Waals surface area contributed by atoms with Crippen molar-refractivity contribution in [1.82, 2.24) is 10.6 Å². The topological polar surface area (TPSA) is 24.1 Å². The molecule has 0 aliphatic heterocycles. The normalized spacial score (nSPS) is 11.1. The maximum absolute atomic E-state index is 6.07. The first-order valence-corrected chi connectivity index (χ1v) is 6.71. The third kappa shape index (κ3) is 5.73. The summed E-state index contributed by atoms with van der Waals surface area (Å²) in [5.74, 6) is 0.688. The molecule has 0 radical (unpaired) electrons. The molecule has 0 saturated heterocycles. The fraction of sp³-hybridized carbons (Fsp3) is 0.538. The molecular formula is C13H20Cl2N2. The van der Waals surface area contributed by atoms with Crippen molar-refractivity contribution in [2.75, 3.05) is 19.6 Å². The van der Waals surface area contributed by atoms with Crippen molar-refractivity contribution in [3.63, 3.8) is 0 Å². The fourth-order valence-corrected chi connectivity index (χ4v) is 2.01. The Morgan fingerprint density at radius 2 is 1.65 bits per heavy atom. The summed E-state index contributed by atoms with van der Waals surface area (Å²) in [5.41, 5.74) is 0.972. The smallest absolute Gasteiger partial charge is 0.0465 e. The van der Waals surface area contributed by atoms with Crippen molar-refractivity contribution < 1.29 is 0 Å². The molecule has 0 bridgehead atoms. The molecule has 1 aromatic rings. The van der Waals surface area contributed by atoms with Crippen molar-refractivity contribution in [1.29, 1.82) is 0 Å². The van der Waals surface area contributed by atoms with Gasteiger partial charge in [0.25, 0.3) is 0 Å². The van der Waals surface area contributed by atoms with Crippen molar-refractivity contribution >= 4 is 23.2 Å². The minimum atomic E-state index is 0.688. The lowest BCUT2D eigenvalue weighted by Gasteiger charge is -2.10. The van der Waals surface area contributed by atoms with Crippen LogP contribution in [0.5, 0.6) is 0 Å². The van der Waals surface area contributed by atoms with Gasteiger partial charge in [-0.1, -0.05) is 43.1 Å². The van der Waals surface area contributed by atoms with Crippen LogP contribution in [0.3, 0.4) is 0 Å². The molecule has 0 aliphatic carbocycles. The molecule has 0 fully saturated rings. The van der Waals surface area contributed by atoms with E-state index in [9.17, 15) is 0 Å². The van der Waals surface area contributed by atoms with E-state index in [4.69, 9.17) is 23.2 Å². The molecule has 0 spiro atoms. The monoisotopic (exact) mass is 274 g/mol. The number of rotatable bonds is 7. The summed E-state index contributed by atoms with van der Waals surface area (Å²) < 4.78 is 0. The molecule has 96 valence electrons. The quantitative estimate of drug-likeness (QED) is 0.746. The number of halogens is 2. The number of nitrogens with one attached hydrogen (secondary N) is 2. The van der Waals surface area contributed by atoms with Gasteiger partial charge in [0.1, 0.15) is 0 Å². The Morgan fingerprint density at radius 1 is 1.06 bits per heavy atom. The van der Waals surface area contributed by atoms with Gasteiger partial charge in [0.05, 0.1) is 0 Å². The molecule has 0 aromatic heterocycles. The Hall–Kier alpha value is -0.280. The zero-order valence-corrected chi connectivity index (χ0v) is 11.9. The van der Waals surface area contributed by atoms with Gasteiger partial charge in [-0.05, 0) is 24.6 Å². The maximum atomic E-state index is 6.07. The van der Waals surface area contributed by atoms with Gasteiger partial charge in [-0.25, -0.2) is 0 Å². The molecule has 4 heteroatoms.